The van der Waals surface area contributed by atoms with Gasteiger partial charge in [-0.1, -0.05) is 34.6 Å². The zero-order chi connectivity index (χ0) is 14.4. The molecular weight excluding hydrogens is 336 g/mol. The molecule has 1 aromatic carbocycles. The lowest BCUT2D eigenvalue weighted by Gasteiger charge is -2.10. The molecule has 20 heavy (non-hydrogen) atoms. The number of benzene rings is 1. The van der Waals surface area contributed by atoms with Gasteiger partial charge in [-0.25, -0.2) is 9.97 Å². The molecule has 1 aromatic heterocycles. The Balaban J connectivity index is 2.19. The van der Waals surface area contributed by atoms with Gasteiger partial charge in [-0.3, -0.25) is 0 Å². The van der Waals surface area contributed by atoms with Gasteiger partial charge >= 0.3 is 0 Å². The maximum Gasteiger partial charge on any atom is 0.191 e. The van der Waals surface area contributed by atoms with Crippen molar-refractivity contribution in [3.63, 3.8) is 0 Å². The lowest BCUT2D eigenvalue weighted by atomic mass is 10.3. The van der Waals surface area contributed by atoms with E-state index in [4.69, 9.17) is 0 Å². The van der Waals surface area contributed by atoms with E-state index in [1.807, 2.05) is 36.6 Å². The Hall–Kier alpha value is -1.27. The van der Waals surface area contributed by atoms with Gasteiger partial charge in [0, 0.05) is 22.8 Å². The molecule has 6 heteroatoms. The molecule has 1 heterocycles. The van der Waals surface area contributed by atoms with Gasteiger partial charge in [0.1, 0.15) is 11.6 Å². The van der Waals surface area contributed by atoms with Gasteiger partial charge in [-0.2, -0.15) is 0 Å². The number of hydrogen-bond acceptors (Lipinski definition) is 5. The molecule has 0 atom stereocenters. The van der Waals surface area contributed by atoms with E-state index >= 15 is 0 Å². The SMILES string of the molecule is CCCNc1cc(Nc2ccc(Br)cc2)nc(SC)n1. The molecule has 0 bridgehead atoms. The van der Waals surface area contributed by atoms with Crippen molar-refractivity contribution in [3.8, 4) is 0 Å². The van der Waals surface area contributed by atoms with Crippen molar-refractivity contribution in [2.75, 3.05) is 23.4 Å². The van der Waals surface area contributed by atoms with E-state index in [1.165, 1.54) is 11.8 Å². The van der Waals surface area contributed by atoms with Crippen LogP contribution in [0.3, 0.4) is 0 Å². The zero-order valence-corrected chi connectivity index (χ0v) is 13.9. The predicted molar refractivity (Wildman–Crippen MR) is 90.0 cm³/mol. The van der Waals surface area contributed by atoms with Crippen molar-refractivity contribution in [1.82, 2.24) is 9.97 Å². The van der Waals surface area contributed by atoms with Crippen molar-refractivity contribution in [2.45, 2.75) is 18.5 Å². The van der Waals surface area contributed by atoms with Crippen molar-refractivity contribution >= 4 is 45.0 Å². The number of nitrogens with one attached hydrogen (secondary N) is 2. The summed E-state index contributed by atoms with van der Waals surface area (Å²) in [4.78, 5) is 8.91. The van der Waals surface area contributed by atoms with E-state index in [0.29, 0.717) is 0 Å². The summed E-state index contributed by atoms with van der Waals surface area (Å²) in [5.74, 6) is 1.65. The van der Waals surface area contributed by atoms with E-state index < -0.39 is 0 Å². The average Bonchev–Trinajstić information content (AvgIpc) is 2.47. The molecule has 2 aromatic rings. The van der Waals surface area contributed by atoms with Crippen molar-refractivity contribution in [1.29, 1.82) is 0 Å². The van der Waals surface area contributed by atoms with E-state index in [1.54, 1.807) is 0 Å². The zero-order valence-electron chi connectivity index (χ0n) is 11.5. The first-order valence-electron chi connectivity index (χ1n) is 6.41. The number of hydrogen-bond donors (Lipinski definition) is 2. The second-order valence-electron chi connectivity index (χ2n) is 4.18. The normalized spacial score (nSPS) is 10.3. The average molecular weight is 353 g/mol. The molecular formula is C14H17BrN4S. The summed E-state index contributed by atoms with van der Waals surface area (Å²) in [7, 11) is 0. The number of rotatable bonds is 6. The number of anilines is 3. The Morgan fingerprint density at radius 2 is 1.85 bits per heavy atom. The lowest BCUT2D eigenvalue weighted by molar-refractivity contribution is 0.929. The maximum atomic E-state index is 4.47. The Morgan fingerprint density at radius 1 is 1.15 bits per heavy atom. The molecule has 0 saturated heterocycles. The van der Waals surface area contributed by atoms with Crippen LogP contribution in [0.4, 0.5) is 17.3 Å². The van der Waals surface area contributed by atoms with Gasteiger partial charge in [0.2, 0.25) is 0 Å². The Kier molecular flexibility index (Phi) is 5.67. The first-order valence-corrected chi connectivity index (χ1v) is 8.42. The fourth-order valence-electron chi connectivity index (χ4n) is 1.61. The minimum Gasteiger partial charge on any atom is -0.370 e. The van der Waals surface area contributed by atoms with E-state index in [2.05, 4.69) is 43.5 Å². The highest BCUT2D eigenvalue weighted by molar-refractivity contribution is 9.10. The van der Waals surface area contributed by atoms with Crippen LogP contribution in [0.1, 0.15) is 13.3 Å². The van der Waals surface area contributed by atoms with Gasteiger partial charge in [-0.15, -0.1) is 0 Å². The summed E-state index contributed by atoms with van der Waals surface area (Å²) >= 11 is 4.96. The lowest BCUT2D eigenvalue weighted by Crippen LogP contribution is -2.05. The Bertz CT molecular complexity index is 560. The topological polar surface area (TPSA) is 49.8 Å². The molecule has 0 spiro atoms. The predicted octanol–water partition coefficient (Wildman–Crippen LogP) is 4.53. The van der Waals surface area contributed by atoms with Gasteiger partial charge in [0.25, 0.3) is 0 Å². The second kappa shape index (κ2) is 7.50. The molecule has 0 saturated carbocycles. The molecule has 0 amide bonds. The third kappa shape index (κ3) is 4.38. The monoisotopic (exact) mass is 352 g/mol. The van der Waals surface area contributed by atoms with Gasteiger partial charge < -0.3 is 10.6 Å². The fourth-order valence-corrected chi connectivity index (χ4v) is 2.25. The van der Waals surface area contributed by atoms with Crippen molar-refractivity contribution in [2.24, 2.45) is 0 Å². The summed E-state index contributed by atoms with van der Waals surface area (Å²) in [5.41, 5.74) is 1.00. The quantitative estimate of drug-likeness (QED) is 0.590. The largest absolute Gasteiger partial charge is 0.370 e. The molecule has 4 nitrogen and oxygen atoms in total. The van der Waals surface area contributed by atoms with Crippen LogP contribution in [0.5, 0.6) is 0 Å². The summed E-state index contributed by atoms with van der Waals surface area (Å²) in [6.45, 7) is 3.03. The van der Waals surface area contributed by atoms with Crippen molar-refractivity contribution < 1.29 is 0 Å². The first kappa shape index (κ1) is 15.1. The van der Waals surface area contributed by atoms with Gasteiger partial charge in [0.05, 0.1) is 0 Å². The standard InChI is InChI=1S/C14H17BrN4S/c1-3-8-16-12-9-13(19-14(18-12)20-2)17-11-6-4-10(15)5-7-11/h4-7,9H,3,8H2,1-2H3,(H2,16,17,18,19). The molecule has 0 aliphatic rings. The van der Waals surface area contributed by atoms with E-state index in [0.717, 1.165) is 39.9 Å². The summed E-state index contributed by atoms with van der Waals surface area (Å²) in [6, 6.07) is 9.93. The fraction of sp³-hybridized carbons (Fsp3) is 0.286. The number of nitrogens with zero attached hydrogens (tertiary/aromatic N) is 2. The molecule has 0 fully saturated rings. The van der Waals surface area contributed by atoms with E-state index in [9.17, 15) is 0 Å². The highest BCUT2D eigenvalue weighted by Gasteiger charge is 2.04. The minimum atomic E-state index is 0.755. The van der Waals surface area contributed by atoms with Crippen LogP contribution >= 0.6 is 27.7 Å². The molecule has 0 unspecified atom stereocenters. The third-order valence-corrected chi connectivity index (χ3v) is 3.64. The van der Waals surface area contributed by atoms with Crippen LogP contribution in [-0.2, 0) is 0 Å². The van der Waals surface area contributed by atoms with Gasteiger partial charge in [-0.05, 0) is 36.9 Å². The number of halogens is 1. The molecule has 0 aliphatic heterocycles. The Morgan fingerprint density at radius 3 is 2.50 bits per heavy atom. The summed E-state index contributed by atoms with van der Waals surface area (Å²) in [6.07, 6.45) is 3.04. The third-order valence-electron chi connectivity index (χ3n) is 2.56. The number of aromatic nitrogens is 2. The Labute approximate surface area is 131 Å². The smallest absolute Gasteiger partial charge is 0.191 e. The number of thioether (sulfide) groups is 1. The molecule has 0 radical (unpaired) electrons. The van der Waals surface area contributed by atoms with Crippen LogP contribution < -0.4 is 10.6 Å². The maximum absolute atomic E-state index is 4.47. The summed E-state index contributed by atoms with van der Waals surface area (Å²) in [5, 5.41) is 7.35. The highest BCUT2D eigenvalue weighted by atomic mass is 79.9. The van der Waals surface area contributed by atoms with Crippen LogP contribution in [0.15, 0.2) is 40.0 Å². The van der Waals surface area contributed by atoms with Crippen LogP contribution in [0.25, 0.3) is 0 Å². The van der Waals surface area contributed by atoms with Crippen LogP contribution in [0.2, 0.25) is 0 Å². The van der Waals surface area contributed by atoms with Crippen LogP contribution in [0, 0.1) is 0 Å². The molecule has 2 N–H and O–H groups in total. The van der Waals surface area contributed by atoms with Gasteiger partial charge in [0.15, 0.2) is 5.16 Å². The van der Waals surface area contributed by atoms with Crippen LogP contribution in [-0.4, -0.2) is 22.8 Å². The summed E-state index contributed by atoms with van der Waals surface area (Å²) < 4.78 is 1.06. The van der Waals surface area contributed by atoms with Crippen molar-refractivity contribution in [3.05, 3.63) is 34.8 Å². The molecule has 106 valence electrons. The minimum absolute atomic E-state index is 0.755. The second-order valence-corrected chi connectivity index (χ2v) is 5.87. The molecule has 2 rings (SSSR count). The van der Waals surface area contributed by atoms with E-state index in [-0.39, 0.29) is 0 Å². The first-order chi connectivity index (χ1) is 9.71. The highest BCUT2D eigenvalue weighted by Crippen LogP contribution is 2.22. The molecule has 0 aliphatic carbocycles.